The Morgan fingerprint density at radius 1 is 1.39 bits per heavy atom. The lowest BCUT2D eigenvalue weighted by Gasteiger charge is -2.13. The van der Waals surface area contributed by atoms with Crippen molar-refractivity contribution in [3.8, 4) is 0 Å². The molecule has 0 bridgehead atoms. The minimum Gasteiger partial charge on any atom is -0.357 e. The lowest BCUT2D eigenvalue weighted by molar-refractivity contribution is 0.582. The standard InChI is InChI=1S/C14H24N4O2S3/c1-2-15-14(17-11-12-5-3-9-21-12)16-7-8-18-23(19,20)13-6-4-10-22-13/h4,6,10,12,18H,2-3,5,7-9,11H2,1H3,(H2,15,16,17). The quantitative estimate of drug-likeness (QED) is 0.364. The van der Waals surface area contributed by atoms with E-state index in [9.17, 15) is 8.42 Å². The van der Waals surface area contributed by atoms with Crippen molar-refractivity contribution in [3.05, 3.63) is 17.5 Å². The molecule has 0 aliphatic carbocycles. The SMILES string of the molecule is CCNC(=NCC1CCCS1)NCCNS(=O)(=O)c1cccs1. The molecule has 1 aliphatic heterocycles. The fraction of sp³-hybridized carbons (Fsp3) is 0.643. The van der Waals surface area contributed by atoms with Crippen LogP contribution in [-0.2, 0) is 10.0 Å². The predicted molar refractivity (Wildman–Crippen MR) is 99.0 cm³/mol. The number of hydrogen-bond donors (Lipinski definition) is 3. The number of nitrogens with zero attached hydrogens (tertiary/aromatic N) is 1. The molecule has 130 valence electrons. The van der Waals surface area contributed by atoms with E-state index < -0.39 is 10.0 Å². The van der Waals surface area contributed by atoms with Gasteiger partial charge in [0.05, 0.1) is 6.54 Å². The number of guanidine groups is 1. The van der Waals surface area contributed by atoms with E-state index in [1.807, 2.05) is 18.7 Å². The van der Waals surface area contributed by atoms with Gasteiger partial charge >= 0.3 is 0 Å². The monoisotopic (exact) mass is 376 g/mol. The minimum absolute atomic E-state index is 0.322. The van der Waals surface area contributed by atoms with Crippen LogP contribution in [-0.4, -0.2) is 51.6 Å². The summed E-state index contributed by atoms with van der Waals surface area (Å²) in [4.78, 5) is 4.58. The van der Waals surface area contributed by atoms with Crippen LogP contribution in [0.25, 0.3) is 0 Å². The first kappa shape index (κ1) is 18.6. The highest BCUT2D eigenvalue weighted by molar-refractivity contribution is 8.00. The number of thiophene rings is 1. The molecule has 0 amide bonds. The molecule has 23 heavy (non-hydrogen) atoms. The second kappa shape index (κ2) is 9.51. The van der Waals surface area contributed by atoms with Crippen LogP contribution in [0.15, 0.2) is 26.7 Å². The molecule has 2 heterocycles. The average molecular weight is 377 g/mol. The molecular weight excluding hydrogens is 352 g/mol. The number of rotatable bonds is 8. The molecule has 6 nitrogen and oxygen atoms in total. The van der Waals surface area contributed by atoms with Gasteiger partial charge in [-0.2, -0.15) is 11.8 Å². The maximum Gasteiger partial charge on any atom is 0.250 e. The van der Waals surface area contributed by atoms with Crippen molar-refractivity contribution in [1.29, 1.82) is 0 Å². The zero-order valence-corrected chi connectivity index (χ0v) is 15.7. The molecule has 0 spiro atoms. The molecular formula is C14H24N4O2S3. The lowest BCUT2D eigenvalue weighted by atomic mass is 10.2. The number of thioether (sulfide) groups is 1. The molecule has 3 N–H and O–H groups in total. The molecule has 1 unspecified atom stereocenters. The summed E-state index contributed by atoms with van der Waals surface area (Å²) in [6.45, 7) is 4.42. The van der Waals surface area contributed by atoms with Crippen LogP contribution in [0.1, 0.15) is 19.8 Å². The predicted octanol–water partition coefficient (Wildman–Crippen LogP) is 1.48. The van der Waals surface area contributed by atoms with Crippen molar-refractivity contribution in [2.75, 3.05) is 31.9 Å². The highest BCUT2D eigenvalue weighted by atomic mass is 32.2. The molecule has 1 aromatic heterocycles. The third kappa shape index (κ3) is 6.33. The van der Waals surface area contributed by atoms with Crippen LogP contribution in [0.2, 0.25) is 0 Å². The smallest absolute Gasteiger partial charge is 0.250 e. The number of nitrogens with one attached hydrogen (secondary N) is 3. The van der Waals surface area contributed by atoms with Gasteiger partial charge < -0.3 is 10.6 Å². The topological polar surface area (TPSA) is 82.6 Å². The van der Waals surface area contributed by atoms with Crippen LogP contribution in [0.3, 0.4) is 0 Å². The first-order chi connectivity index (χ1) is 11.1. The minimum atomic E-state index is -3.39. The van der Waals surface area contributed by atoms with Gasteiger partial charge in [-0.05, 0) is 37.0 Å². The van der Waals surface area contributed by atoms with Gasteiger partial charge in [0.25, 0.3) is 0 Å². The van der Waals surface area contributed by atoms with Gasteiger partial charge in [-0.1, -0.05) is 6.07 Å². The zero-order chi connectivity index (χ0) is 16.5. The summed E-state index contributed by atoms with van der Waals surface area (Å²) in [6.07, 6.45) is 2.51. The van der Waals surface area contributed by atoms with Gasteiger partial charge in [-0.25, -0.2) is 13.1 Å². The fourth-order valence-corrected chi connectivity index (χ4v) is 5.43. The van der Waals surface area contributed by atoms with Crippen LogP contribution >= 0.6 is 23.1 Å². The van der Waals surface area contributed by atoms with E-state index in [1.54, 1.807) is 17.5 Å². The van der Waals surface area contributed by atoms with Gasteiger partial charge in [0.2, 0.25) is 10.0 Å². The first-order valence-electron chi connectivity index (χ1n) is 7.79. The molecule has 1 saturated heterocycles. The highest BCUT2D eigenvalue weighted by Gasteiger charge is 2.15. The van der Waals surface area contributed by atoms with Crippen molar-refractivity contribution in [3.63, 3.8) is 0 Å². The van der Waals surface area contributed by atoms with Crippen molar-refractivity contribution in [2.24, 2.45) is 4.99 Å². The fourth-order valence-electron chi connectivity index (χ4n) is 2.18. The van der Waals surface area contributed by atoms with Crippen LogP contribution in [0.4, 0.5) is 0 Å². The van der Waals surface area contributed by atoms with Crippen LogP contribution in [0, 0.1) is 0 Å². The largest absolute Gasteiger partial charge is 0.357 e. The average Bonchev–Trinajstić information content (AvgIpc) is 3.22. The van der Waals surface area contributed by atoms with Crippen molar-refractivity contribution in [2.45, 2.75) is 29.2 Å². The van der Waals surface area contributed by atoms with E-state index in [0.29, 0.717) is 22.5 Å². The van der Waals surface area contributed by atoms with Gasteiger partial charge in [0.15, 0.2) is 5.96 Å². The molecule has 1 aromatic rings. The van der Waals surface area contributed by atoms with E-state index >= 15 is 0 Å². The summed E-state index contributed by atoms with van der Waals surface area (Å²) >= 11 is 3.19. The Morgan fingerprint density at radius 3 is 2.91 bits per heavy atom. The Bertz CT molecular complexity index is 581. The Labute approximate surface area is 146 Å². The van der Waals surface area contributed by atoms with E-state index in [1.165, 1.54) is 29.9 Å². The summed E-state index contributed by atoms with van der Waals surface area (Å²) in [5, 5.41) is 8.72. The van der Waals surface area contributed by atoms with Crippen LogP contribution < -0.4 is 15.4 Å². The third-order valence-corrected chi connectivity index (χ3v) is 7.53. The Kier molecular flexibility index (Phi) is 7.68. The highest BCUT2D eigenvalue weighted by Crippen LogP contribution is 2.25. The summed E-state index contributed by atoms with van der Waals surface area (Å²) in [7, 11) is -3.39. The molecule has 2 rings (SSSR count). The van der Waals surface area contributed by atoms with Crippen LogP contribution in [0.5, 0.6) is 0 Å². The van der Waals surface area contributed by atoms with Gasteiger partial charge in [0, 0.05) is 24.9 Å². The molecule has 1 aliphatic rings. The van der Waals surface area contributed by atoms with Crippen molar-refractivity contribution >= 4 is 39.1 Å². The molecule has 0 saturated carbocycles. The van der Waals surface area contributed by atoms with E-state index in [4.69, 9.17) is 0 Å². The first-order valence-corrected chi connectivity index (χ1v) is 11.2. The van der Waals surface area contributed by atoms with Crippen molar-refractivity contribution in [1.82, 2.24) is 15.4 Å². The molecule has 9 heteroatoms. The molecule has 0 radical (unpaired) electrons. The molecule has 1 atom stereocenters. The maximum atomic E-state index is 12.0. The summed E-state index contributed by atoms with van der Waals surface area (Å²) in [5.74, 6) is 1.98. The Balaban J connectivity index is 1.74. The van der Waals surface area contributed by atoms with Gasteiger partial charge in [0.1, 0.15) is 4.21 Å². The van der Waals surface area contributed by atoms with E-state index in [-0.39, 0.29) is 0 Å². The molecule has 1 fully saturated rings. The summed E-state index contributed by atoms with van der Waals surface area (Å²) in [6, 6.07) is 3.33. The zero-order valence-electron chi connectivity index (χ0n) is 13.2. The number of aliphatic imine (C=N–C) groups is 1. The number of sulfonamides is 1. The van der Waals surface area contributed by atoms with E-state index in [2.05, 4.69) is 20.3 Å². The lowest BCUT2D eigenvalue weighted by Crippen LogP contribution is -2.41. The van der Waals surface area contributed by atoms with Gasteiger partial charge in [-0.3, -0.25) is 4.99 Å². The maximum absolute atomic E-state index is 12.0. The van der Waals surface area contributed by atoms with Crippen molar-refractivity contribution < 1.29 is 8.42 Å². The summed E-state index contributed by atoms with van der Waals surface area (Å²) < 4.78 is 26.9. The van der Waals surface area contributed by atoms with E-state index in [0.717, 1.165) is 19.0 Å². The third-order valence-electron chi connectivity index (χ3n) is 3.29. The molecule has 0 aromatic carbocycles. The second-order valence-corrected chi connectivity index (χ2v) is 9.46. The Hall–Kier alpha value is -0.770. The number of hydrogen-bond acceptors (Lipinski definition) is 5. The normalized spacial score (nSPS) is 19.0. The Morgan fingerprint density at radius 2 is 2.26 bits per heavy atom. The second-order valence-electron chi connectivity index (χ2n) is 5.11. The van der Waals surface area contributed by atoms with Gasteiger partial charge in [-0.15, -0.1) is 11.3 Å². The summed E-state index contributed by atoms with van der Waals surface area (Å²) in [5.41, 5.74) is 0.